The molecule has 0 radical (unpaired) electrons. The van der Waals surface area contributed by atoms with Crippen LogP contribution in [-0.2, 0) is 26.0 Å². The van der Waals surface area contributed by atoms with Crippen LogP contribution in [0.15, 0.2) is 52.4 Å². The van der Waals surface area contributed by atoms with Crippen molar-refractivity contribution in [3.8, 4) is 0 Å². The molecule has 0 saturated heterocycles. The minimum Gasteiger partial charge on any atom is -0.465 e. The number of fused-ring (bicyclic) bond motifs is 1. The molecule has 160 valence electrons. The van der Waals surface area contributed by atoms with E-state index in [1.807, 2.05) is 6.92 Å². The van der Waals surface area contributed by atoms with Crippen molar-refractivity contribution in [1.82, 2.24) is 24.5 Å². The number of sulfonamides is 1. The monoisotopic (exact) mass is 449 g/mol. The first-order valence-corrected chi connectivity index (χ1v) is 11.9. The summed E-state index contributed by atoms with van der Waals surface area (Å²) in [6.07, 6.45) is 0.920. The van der Waals surface area contributed by atoms with E-state index in [0.29, 0.717) is 35.9 Å². The number of carbonyl (C=O) groups excluding carboxylic acids is 1. The minimum absolute atomic E-state index is 0.150. The summed E-state index contributed by atoms with van der Waals surface area (Å²) >= 11 is 1.32. The highest BCUT2D eigenvalue weighted by molar-refractivity contribution is 8.00. The van der Waals surface area contributed by atoms with Crippen molar-refractivity contribution in [3.05, 3.63) is 48.3 Å². The van der Waals surface area contributed by atoms with Crippen LogP contribution >= 0.6 is 11.8 Å². The van der Waals surface area contributed by atoms with Gasteiger partial charge in [0.2, 0.25) is 10.0 Å². The molecule has 11 heteroatoms. The summed E-state index contributed by atoms with van der Waals surface area (Å²) < 4.78 is 33.9. The first-order valence-electron chi connectivity index (χ1n) is 9.54. The van der Waals surface area contributed by atoms with Gasteiger partial charge in [-0.3, -0.25) is 4.79 Å². The average molecular weight is 450 g/mol. The van der Waals surface area contributed by atoms with Gasteiger partial charge in [0.25, 0.3) is 0 Å². The van der Waals surface area contributed by atoms with Gasteiger partial charge in [0, 0.05) is 13.0 Å². The fourth-order valence-corrected chi connectivity index (χ4v) is 4.65. The van der Waals surface area contributed by atoms with Crippen LogP contribution in [0.5, 0.6) is 0 Å². The van der Waals surface area contributed by atoms with Crippen LogP contribution in [0.2, 0.25) is 0 Å². The van der Waals surface area contributed by atoms with E-state index in [1.165, 1.54) is 23.9 Å². The molecular weight excluding hydrogens is 426 g/mol. The number of esters is 1. The van der Waals surface area contributed by atoms with Crippen LogP contribution in [0, 0.1) is 0 Å². The van der Waals surface area contributed by atoms with E-state index < -0.39 is 10.0 Å². The van der Waals surface area contributed by atoms with Crippen molar-refractivity contribution in [2.45, 2.75) is 41.9 Å². The van der Waals surface area contributed by atoms with Crippen molar-refractivity contribution < 1.29 is 17.9 Å². The van der Waals surface area contributed by atoms with E-state index in [-0.39, 0.29) is 22.7 Å². The third-order valence-electron chi connectivity index (χ3n) is 4.18. The number of ether oxygens (including phenoxy) is 1. The number of carbonyl (C=O) groups is 1. The molecule has 0 unspecified atom stereocenters. The summed E-state index contributed by atoms with van der Waals surface area (Å²) in [4.78, 5) is 12.3. The molecule has 0 aliphatic carbocycles. The summed E-state index contributed by atoms with van der Waals surface area (Å²) in [5.41, 5.74) is 0.546. The summed E-state index contributed by atoms with van der Waals surface area (Å²) in [5.74, 6) is 0.249. The van der Waals surface area contributed by atoms with Crippen LogP contribution in [0.25, 0.3) is 5.65 Å². The lowest BCUT2D eigenvalue weighted by Gasteiger charge is -2.12. The van der Waals surface area contributed by atoms with Gasteiger partial charge < -0.3 is 4.74 Å². The first-order chi connectivity index (χ1) is 14.4. The smallest absolute Gasteiger partial charge is 0.319 e. The number of aromatic nitrogens is 4. The highest BCUT2D eigenvalue weighted by Crippen LogP contribution is 2.25. The van der Waals surface area contributed by atoms with Crippen molar-refractivity contribution in [3.63, 3.8) is 0 Å². The Morgan fingerprint density at radius 1 is 1.17 bits per heavy atom. The quantitative estimate of drug-likeness (QED) is 0.369. The van der Waals surface area contributed by atoms with Crippen LogP contribution in [0.1, 0.15) is 26.1 Å². The van der Waals surface area contributed by atoms with E-state index in [9.17, 15) is 13.2 Å². The third kappa shape index (κ3) is 5.35. The molecule has 1 atom stereocenters. The van der Waals surface area contributed by atoms with Gasteiger partial charge in [-0.1, -0.05) is 36.9 Å². The Balaban J connectivity index is 1.70. The Morgan fingerprint density at radius 3 is 2.63 bits per heavy atom. The molecule has 2 aromatic heterocycles. The largest absolute Gasteiger partial charge is 0.465 e. The van der Waals surface area contributed by atoms with Crippen LogP contribution < -0.4 is 4.72 Å². The molecule has 0 fully saturated rings. The Bertz CT molecular complexity index is 1100. The summed E-state index contributed by atoms with van der Waals surface area (Å²) in [6.45, 7) is 4.17. The van der Waals surface area contributed by atoms with Gasteiger partial charge in [-0.05, 0) is 37.6 Å². The van der Waals surface area contributed by atoms with Gasteiger partial charge in [0.15, 0.2) is 11.5 Å². The second kappa shape index (κ2) is 10.0. The summed E-state index contributed by atoms with van der Waals surface area (Å²) in [6, 6.07) is 11.7. The second-order valence-corrected chi connectivity index (χ2v) is 9.28. The predicted octanol–water partition coefficient (Wildman–Crippen LogP) is 2.08. The van der Waals surface area contributed by atoms with Gasteiger partial charge in [-0.15, -0.1) is 10.2 Å². The van der Waals surface area contributed by atoms with Gasteiger partial charge in [0.05, 0.1) is 11.5 Å². The van der Waals surface area contributed by atoms with Gasteiger partial charge in [0.1, 0.15) is 10.3 Å². The maximum Gasteiger partial charge on any atom is 0.319 e. The fourth-order valence-electron chi connectivity index (χ4n) is 2.69. The lowest BCUT2D eigenvalue weighted by atomic mass is 10.3. The number of rotatable bonds is 10. The first kappa shape index (κ1) is 22.2. The zero-order chi connectivity index (χ0) is 21.6. The molecule has 1 aromatic carbocycles. The normalized spacial score (nSPS) is 12.7. The number of thioether (sulfide) groups is 1. The molecule has 1 N–H and O–H groups in total. The maximum atomic E-state index is 12.3. The molecule has 30 heavy (non-hydrogen) atoms. The molecule has 3 aromatic rings. The zero-order valence-electron chi connectivity index (χ0n) is 16.7. The average Bonchev–Trinajstić information content (AvgIpc) is 3.15. The Morgan fingerprint density at radius 2 is 1.93 bits per heavy atom. The predicted molar refractivity (Wildman–Crippen MR) is 113 cm³/mol. The lowest BCUT2D eigenvalue weighted by molar-refractivity contribution is -0.142. The summed E-state index contributed by atoms with van der Waals surface area (Å²) in [7, 11) is -3.59. The highest BCUT2D eigenvalue weighted by Gasteiger charge is 2.20. The second-order valence-electron chi connectivity index (χ2n) is 6.29. The van der Waals surface area contributed by atoms with Crippen LogP contribution in [-0.4, -0.2) is 52.6 Å². The molecule has 0 aliphatic rings. The number of hydrogen-bond acceptors (Lipinski definition) is 8. The molecule has 0 bridgehead atoms. The van der Waals surface area contributed by atoms with E-state index in [2.05, 4.69) is 20.0 Å². The Hall–Kier alpha value is -2.50. The molecule has 9 nitrogen and oxygen atoms in total. The number of nitrogens with one attached hydrogen (secondary N) is 1. The standard InChI is InChI=1S/C19H23N5O4S2/c1-3-15(19(25)28-4-2)29-18-11-10-16-21-22-17(24(16)23-18)12-13-20-30(26,27)14-8-6-5-7-9-14/h5-11,15,20H,3-4,12-13H2,1-2H3/t15-/m1/s1. The Kier molecular flexibility index (Phi) is 7.40. The van der Waals surface area contributed by atoms with Crippen molar-refractivity contribution >= 4 is 33.4 Å². The van der Waals surface area contributed by atoms with E-state index >= 15 is 0 Å². The lowest BCUT2D eigenvalue weighted by Crippen LogP contribution is -2.26. The molecule has 0 spiro atoms. The minimum atomic E-state index is -3.59. The van der Waals surface area contributed by atoms with E-state index in [0.717, 1.165) is 0 Å². The molecule has 3 rings (SSSR count). The SMILES string of the molecule is CCOC(=O)[C@@H](CC)Sc1ccc2nnc(CCNS(=O)(=O)c3ccccc3)n2n1. The number of benzene rings is 1. The van der Waals surface area contributed by atoms with Gasteiger partial charge in [-0.25, -0.2) is 13.1 Å². The molecular formula is C19H23N5O4S2. The topological polar surface area (TPSA) is 116 Å². The highest BCUT2D eigenvalue weighted by atomic mass is 32.2. The van der Waals surface area contributed by atoms with Crippen molar-refractivity contribution in [2.75, 3.05) is 13.2 Å². The molecule has 0 amide bonds. The van der Waals surface area contributed by atoms with Gasteiger partial charge in [-0.2, -0.15) is 9.61 Å². The van der Waals surface area contributed by atoms with Crippen LogP contribution in [0.3, 0.4) is 0 Å². The molecule has 0 saturated carbocycles. The zero-order valence-corrected chi connectivity index (χ0v) is 18.3. The maximum absolute atomic E-state index is 12.3. The summed E-state index contributed by atoms with van der Waals surface area (Å²) in [5, 5.41) is 13.0. The fraction of sp³-hybridized carbons (Fsp3) is 0.368. The van der Waals surface area contributed by atoms with E-state index in [1.54, 1.807) is 41.8 Å². The van der Waals surface area contributed by atoms with Crippen molar-refractivity contribution in [2.24, 2.45) is 0 Å². The van der Waals surface area contributed by atoms with E-state index in [4.69, 9.17) is 4.74 Å². The number of nitrogens with zero attached hydrogens (tertiary/aromatic N) is 4. The van der Waals surface area contributed by atoms with Gasteiger partial charge >= 0.3 is 5.97 Å². The molecule has 2 heterocycles. The van der Waals surface area contributed by atoms with Crippen molar-refractivity contribution in [1.29, 1.82) is 0 Å². The van der Waals surface area contributed by atoms with Crippen LogP contribution in [0.4, 0.5) is 0 Å². The Labute approximate surface area is 179 Å². The molecule has 0 aliphatic heterocycles. The number of hydrogen-bond donors (Lipinski definition) is 1. The third-order valence-corrected chi connectivity index (χ3v) is 6.93.